The van der Waals surface area contributed by atoms with E-state index in [-0.39, 0.29) is 11.8 Å². The van der Waals surface area contributed by atoms with E-state index >= 15 is 0 Å². The van der Waals surface area contributed by atoms with Crippen LogP contribution in [0.15, 0.2) is 30.3 Å². The average Bonchev–Trinajstić information content (AvgIpc) is 3.12. The third-order valence-electron chi connectivity index (χ3n) is 5.44. The van der Waals surface area contributed by atoms with E-state index in [1.807, 2.05) is 30.3 Å². The fourth-order valence-corrected chi connectivity index (χ4v) is 4.30. The van der Waals surface area contributed by atoms with Crippen molar-refractivity contribution >= 4 is 0 Å². The fourth-order valence-electron chi connectivity index (χ4n) is 4.30. The van der Waals surface area contributed by atoms with Gasteiger partial charge >= 0.3 is 0 Å². The molecule has 1 aromatic carbocycles. The van der Waals surface area contributed by atoms with Gasteiger partial charge in [-0.2, -0.15) is 0 Å². The molecule has 0 bridgehead atoms. The van der Waals surface area contributed by atoms with E-state index in [0.717, 1.165) is 12.0 Å². The molecule has 0 amide bonds. The third-order valence-corrected chi connectivity index (χ3v) is 5.44. The topological polar surface area (TPSA) is 58.9 Å². The second-order valence-electron chi connectivity index (χ2n) is 6.81. The highest BCUT2D eigenvalue weighted by atomic mass is 16.7. The van der Waals surface area contributed by atoms with Crippen LogP contribution in [0.3, 0.4) is 0 Å². The number of aliphatic hydroxyl groups excluding tert-OH is 2. The van der Waals surface area contributed by atoms with Crippen LogP contribution in [0.2, 0.25) is 0 Å². The predicted octanol–water partition coefficient (Wildman–Crippen LogP) is 1.35. The van der Waals surface area contributed by atoms with Crippen molar-refractivity contribution in [2.24, 2.45) is 17.8 Å². The fraction of sp³-hybridized carbons (Fsp3) is 0.579. The van der Waals surface area contributed by atoms with Gasteiger partial charge in [-0.05, 0) is 17.9 Å². The molecule has 2 saturated carbocycles. The first-order valence-electron chi connectivity index (χ1n) is 8.37. The molecule has 1 spiro atoms. The van der Waals surface area contributed by atoms with Crippen LogP contribution < -0.4 is 0 Å². The Morgan fingerprint density at radius 3 is 2.70 bits per heavy atom. The van der Waals surface area contributed by atoms with Gasteiger partial charge in [0, 0.05) is 24.7 Å². The van der Waals surface area contributed by atoms with Gasteiger partial charge in [0.1, 0.15) is 6.10 Å². The molecule has 4 rings (SSSR count). The van der Waals surface area contributed by atoms with Crippen molar-refractivity contribution in [1.29, 1.82) is 0 Å². The summed E-state index contributed by atoms with van der Waals surface area (Å²) in [6, 6.07) is 9.83. The van der Waals surface area contributed by atoms with Crippen LogP contribution >= 0.6 is 0 Å². The molecule has 0 aromatic heterocycles. The molecular weight excluding hydrogens is 292 g/mol. The lowest BCUT2D eigenvalue weighted by Gasteiger charge is -2.48. The number of hydrogen-bond donors (Lipinski definition) is 2. The lowest BCUT2D eigenvalue weighted by Crippen LogP contribution is -2.53. The van der Waals surface area contributed by atoms with Crippen molar-refractivity contribution in [2.45, 2.75) is 37.3 Å². The zero-order valence-electron chi connectivity index (χ0n) is 13.0. The third kappa shape index (κ3) is 2.68. The highest BCUT2D eigenvalue weighted by Crippen LogP contribution is 2.59. The second kappa shape index (κ2) is 5.92. The summed E-state index contributed by atoms with van der Waals surface area (Å²) in [6.45, 7) is 1.29. The van der Waals surface area contributed by atoms with Gasteiger partial charge in [0.15, 0.2) is 5.79 Å². The maximum atomic E-state index is 10.3. The molecule has 4 nitrogen and oxygen atoms in total. The zero-order valence-corrected chi connectivity index (χ0v) is 13.0. The van der Waals surface area contributed by atoms with Crippen LogP contribution in [-0.2, 0) is 15.9 Å². The quantitative estimate of drug-likeness (QED) is 0.809. The van der Waals surface area contributed by atoms with E-state index in [0.29, 0.717) is 32.0 Å². The second-order valence-corrected chi connectivity index (χ2v) is 6.81. The molecule has 1 aromatic rings. The molecule has 3 aliphatic rings. The molecule has 5 atom stereocenters. The Hall–Kier alpha value is -1.38. The molecule has 1 heterocycles. The Balaban J connectivity index is 1.40. The van der Waals surface area contributed by atoms with Gasteiger partial charge in [-0.1, -0.05) is 42.2 Å². The molecule has 2 aliphatic carbocycles. The van der Waals surface area contributed by atoms with Gasteiger partial charge in [0.25, 0.3) is 0 Å². The standard InChI is InChI=1S/C19H22O4/c20-14(10-13-4-2-1-3-5-13)6-7-15-16-12-19(22-8-9-23-19)17(16)11-18(15)21/h1-5,14-18,20-21H,8-12H2. The van der Waals surface area contributed by atoms with E-state index < -0.39 is 18.0 Å². The van der Waals surface area contributed by atoms with Crippen molar-refractivity contribution in [1.82, 2.24) is 0 Å². The number of aliphatic hydroxyl groups is 2. The van der Waals surface area contributed by atoms with Crippen LogP contribution in [0.1, 0.15) is 18.4 Å². The van der Waals surface area contributed by atoms with Gasteiger partial charge in [-0.25, -0.2) is 0 Å². The van der Waals surface area contributed by atoms with E-state index in [1.54, 1.807) is 0 Å². The molecule has 2 N–H and O–H groups in total. The molecule has 0 radical (unpaired) electrons. The van der Waals surface area contributed by atoms with Crippen LogP contribution in [0, 0.1) is 29.6 Å². The Morgan fingerprint density at radius 1 is 1.22 bits per heavy atom. The smallest absolute Gasteiger partial charge is 0.172 e. The SMILES string of the molecule is OC(C#CC1C(O)CC2C1CC21OCCO1)Cc1ccccc1. The Labute approximate surface area is 136 Å². The zero-order chi connectivity index (χ0) is 15.9. The van der Waals surface area contributed by atoms with E-state index in [1.165, 1.54) is 0 Å². The van der Waals surface area contributed by atoms with E-state index in [2.05, 4.69) is 11.8 Å². The van der Waals surface area contributed by atoms with Crippen LogP contribution in [0.25, 0.3) is 0 Å². The summed E-state index contributed by atoms with van der Waals surface area (Å²) in [5.74, 6) is 6.09. The highest BCUT2D eigenvalue weighted by molar-refractivity contribution is 5.22. The maximum absolute atomic E-state index is 10.3. The summed E-state index contributed by atoms with van der Waals surface area (Å²) < 4.78 is 11.5. The number of benzene rings is 1. The Bertz CT molecular complexity index is 611. The summed E-state index contributed by atoms with van der Waals surface area (Å²) in [7, 11) is 0. The minimum atomic E-state index is -0.698. The average molecular weight is 314 g/mol. The number of hydrogen-bond acceptors (Lipinski definition) is 4. The first kappa shape index (κ1) is 15.2. The summed E-state index contributed by atoms with van der Waals surface area (Å²) in [4.78, 5) is 0. The lowest BCUT2D eigenvalue weighted by molar-refractivity contribution is -0.270. The van der Waals surface area contributed by atoms with Gasteiger partial charge in [-0.15, -0.1) is 0 Å². The van der Waals surface area contributed by atoms with E-state index in [9.17, 15) is 10.2 Å². The largest absolute Gasteiger partial charge is 0.392 e. The monoisotopic (exact) mass is 314 g/mol. The van der Waals surface area contributed by atoms with Crippen molar-refractivity contribution in [3.8, 4) is 11.8 Å². The Kier molecular flexibility index (Phi) is 3.90. The number of rotatable bonds is 2. The van der Waals surface area contributed by atoms with Crippen molar-refractivity contribution in [3.63, 3.8) is 0 Å². The molecule has 3 fully saturated rings. The van der Waals surface area contributed by atoms with Crippen molar-refractivity contribution < 1.29 is 19.7 Å². The first-order valence-corrected chi connectivity index (χ1v) is 8.37. The maximum Gasteiger partial charge on any atom is 0.172 e. The minimum absolute atomic E-state index is 0.0798. The molecule has 5 unspecified atom stereocenters. The number of fused-ring (bicyclic) bond motifs is 2. The summed E-state index contributed by atoms with van der Waals surface area (Å²) in [5.41, 5.74) is 1.06. The molecule has 4 heteroatoms. The van der Waals surface area contributed by atoms with Crippen LogP contribution in [0.5, 0.6) is 0 Å². The van der Waals surface area contributed by atoms with Gasteiger partial charge < -0.3 is 19.7 Å². The molecular formula is C19H22O4. The number of ether oxygens (including phenoxy) is 2. The summed E-state index contributed by atoms with van der Waals surface area (Å²) in [6.07, 6.45) is 0.855. The highest BCUT2D eigenvalue weighted by Gasteiger charge is 2.64. The van der Waals surface area contributed by atoms with Gasteiger partial charge in [0.2, 0.25) is 0 Å². The van der Waals surface area contributed by atoms with Gasteiger partial charge in [0.05, 0.1) is 19.3 Å². The van der Waals surface area contributed by atoms with Crippen molar-refractivity contribution in [2.75, 3.05) is 13.2 Å². The van der Waals surface area contributed by atoms with Crippen LogP contribution in [0.4, 0.5) is 0 Å². The minimum Gasteiger partial charge on any atom is -0.392 e. The van der Waals surface area contributed by atoms with Crippen LogP contribution in [-0.4, -0.2) is 41.4 Å². The molecule has 1 aliphatic heterocycles. The lowest BCUT2D eigenvalue weighted by atomic mass is 9.67. The molecule has 122 valence electrons. The van der Waals surface area contributed by atoms with Gasteiger partial charge in [-0.3, -0.25) is 0 Å². The molecule has 1 saturated heterocycles. The summed E-state index contributed by atoms with van der Waals surface area (Å²) in [5, 5.41) is 20.4. The normalized spacial score (nSPS) is 35.2. The first-order chi connectivity index (χ1) is 11.2. The molecule has 23 heavy (non-hydrogen) atoms. The predicted molar refractivity (Wildman–Crippen MR) is 84.3 cm³/mol. The van der Waals surface area contributed by atoms with E-state index in [4.69, 9.17) is 9.47 Å². The summed E-state index contributed by atoms with van der Waals surface area (Å²) >= 11 is 0. The Morgan fingerprint density at radius 2 is 1.96 bits per heavy atom. The van der Waals surface area contributed by atoms with Crippen molar-refractivity contribution in [3.05, 3.63) is 35.9 Å².